The van der Waals surface area contributed by atoms with Gasteiger partial charge in [0.15, 0.2) is 0 Å². The minimum Gasteiger partial charge on any atom is -0.465 e. The zero-order chi connectivity index (χ0) is 26.8. The number of ether oxygens (including phenoxy) is 1. The summed E-state index contributed by atoms with van der Waals surface area (Å²) in [5.41, 5.74) is 3.66. The van der Waals surface area contributed by atoms with Gasteiger partial charge in [0, 0.05) is 41.3 Å². The molecule has 0 spiro atoms. The normalized spacial score (nSPS) is 14.2. The fourth-order valence-electron chi connectivity index (χ4n) is 4.41. The van der Waals surface area contributed by atoms with Gasteiger partial charge in [-0.25, -0.2) is 9.59 Å². The van der Waals surface area contributed by atoms with E-state index in [-0.39, 0.29) is 17.9 Å². The van der Waals surface area contributed by atoms with E-state index in [1.165, 1.54) is 31.4 Å². The average molecular weight is 511 g/mol. The predicted molar refractivity (Wildman–Crippen MR) is 139 cm³/mol. The van der Waals surface area contributed by atoms with Crippen LogP contribution >= 0.6 is 0 Å². The van der Waals surface area contributed by atoms with Crippen molar-refractivity contribution in [3.8, 4) is 0 Å². The Kier molecular flexibility index (Phi) is 6.44. The van der Waals surface area contributed by atoms with Crippen molar-refractivity contribution in [3.63, 3.8) is 0 Å². The molecule has 0 aliphatic carbocycles. The Morgan fingerprint density at radius 3 is 2.50 bits per heavy atom. The van der Waals surface area contributed by atoms with Crippen LogP contribution in [0.4, 0.5) is 10.5 Å². The highest BCUT2D eigenvalue weighted by Crippen LogP contribution is 2.26. The lowest BCUT2D eigenvalue weighted by Crippen LogP contribution is -2.30. The highest BCUT2D eigenvalue weighted by atomic mass is 16.6. The number of aromatic nitrogens is 1. The van der Waals surface area contributed by atoms with Gasteiger partial charge in [0.1, 0.15) is 5.70 Å². The summed E-state index contributed by atoms with van der Waals surface area (Å²) in [5, 5.41) is 14.4. The van der Waals surface area contributed by atoms with Crippen LogP contribution < -0.4 is 5.32 Å². The van der Waals surface area contributed by atoms with Gasteiger partial charge in [0.25, 0.3) is 11.6 Å². The lowest BCUT2D eigenvalue weighted by molar-refractivity contribution is -0.384. The minimum atomic E-state index is -0.567. The van der Waals surface area contributed by atoms with Crippen molar-refractivity contribution in [1.29, 1.82) is 0 Å². The molecule has 10 nitrogen and oxygen atoms in total. The van der Waals surface area contributed by atoms with Gasteiger partial charge in [-0.2, -0.15) is 0 Å². The van der Waals surface area contributed by atoms with Crippen molar-refractivity contribution >= 4 is 40.6 Å². The molecule has 38 heavy (non-hydrogen) atoms. The number of nitrogens with one attached hydrogen (secondary N) is 1. The first kappa shape index (κ1) is 24.4. The quantitative estimate of drug-likeness (QED) is 0.129. The molecule has 2 heterocycles. The molecule has 3 aromatic carbocycles. The molecule has 1 saturated heterocycles. The Labute approximate surface area is 216 Å². The van der Waals surface area contributed by atoms with Crippen LogP contribution in [0, 0.1) is 10.1 Å². The first-order valence-electron chi connectivity index (χ1n) is 11.7. The molecule has 3 amide bonds. The molecule has 1 aliphatic heterocycles. The zero-order valence-electron chi connectivity index (χ0n) is 20.3. The number of carbonyl (C=O) groups is 3. The van der Waals surface area contributed by atoms with E-state index in [2.05, 4.69) is 5.32 Å². The number of imide groups is 1. The summed E-state index contributed by atoms with van der Waals surface area (Å²) in [7, 11) is 1.34. The summed E-state index contributed by atoms with van der Waals surface area (Å²) < 4.78 is 6.83. The number of hydrogen-bond donors (Lipinski definition) is 1. The maximum absolute atomic E-state index is 13.1. The molecule has 0 unspecified atom stereocenters. The van der Waals surface area contributed by atoms with Gasteiger partial charge >= 0.3 is 12.0 Å². The van der Waals surface area contributed by atoms with Crippen LogP contribution in [-0.4, -0.2) is 39.4 Å². The number of esters is 1. The average Bonchev–Trinajstić information content (AvgIpc) is 3.40. The molecular formula is C28H22N4O6. The molecule has 0 saturated carbocycles. The number of hydrogen-bond acceptors (Lipinski definition) is 6. The zero-order valence-corrected chi connectivity index (χ0v) is 20.3. The van der Waals surface area contributed by atoms with Crippen molar-refractivity contribution < 1.29 is 24.0 Å². The van der Waals surface area contributed by atoms with Crippen molar-refractivity contribution in [2.45, 2.75) is 13.1 Å². The molecular weight excluding hydrogens is 488 g/mol. The van der Waals surface area contributed by atoms with Crippen LogP contribution in [0.3, 0.4) is 0 Å². The van der Waals surface area contributed by atoms with Crippen LogP contribution in [0.2, 0.25) is 0 Å². The topological polar surface area (TPSA) is 124 Å². The summed E-state index contributed by atoms with van der Waals surface area (Å²) in [5.74, 6) is -0.903. The molecule has 1 fully saturated rings. The van der Waals surface area contributed by atoms with E-state index in [0.717, 1.165) is 26.9 Å². The summed E-state index contributed by atoms with van der Waals surface area (Å²) >= 11 is 0. The predicted octanol–water partition coefficient (Wildman–Crippen LogP) is 4.48. The Bertz CT molecular complexity index is 1620. The van der Waals surface area contributed by atoms with Crippen LogP contribution in [0.25, 0.3) is 17.0 Å². The number of carbonyl (C=O) groups excluding carboxylic acids is 3. The smallest absolute Gasteiger partial charge is 0.337 e. The minimum absolute atomic E-state index is 0.0156. The highest BCUT2D eigenvalue weighted by Gasteiger charge is 2.33. The van der Waals surface area contributed by atoms with Gasteiger partial charge in [0.05, 0.1) is 24.1 Å². The monoisotopic (exact) mass is 510 g/mol. The number of nitro benzene ring substituents is 1. The summed E-state index contributed by atoms with van der Waals surface area (Å²) in [6, 6.07) is 20.0. The number of nitrogens with zero attached hydrogens (tertiary/aromatic N) is 3. The van der Waals surface area contributed by atoms with Crippen molar-refractivity contribution in [1.82, 2.24) is 14.8 Å². The highest BCUT2D eigenvalue weighted by molar-refractivity contribution is 6.14. The fourth-order valence-corrected chi connectivity index (χ4v) is 4.41. The molecule has 1 N–H and O–H groups in total. The van der Waals surface area contributed by atoms with E-state index in [1.54, 1.807) is 24.3 Å². The summed E-state index contributed by atoms with van der Waals surface area (Å²) in [4.78, 5) is 49.0. The third kappa shape index (κ3) is 4.74. The van der Waals surface area contributed by atoms with Gasteiger partial charge in [-0.05, 0) is 35.4 Å². The molecule has 5 rings (SSSR count). The Hall–Kier alpha value is -5.25. The number of nitro groups is 1. The molecule has 10 heteroatoms. The Balaban J connectivity index is 1.42. The molecule has 1 aromatic heterocycles. The SMILES string of the molecule is COC(=O)c1cccc(Cn2cc(/C=C3\NC(=O)N(Cc4ccc([N+](=O)[O-])cc4)C3=O)c3ccccc32)c1. The van der Waals surface area contributed by atoms with Gasteiger partial charge in [0.2, 0.25) is 0 Å². The van der Waals surface area contributed by atoms with Crippen molar-refractivity contribution in [3.05, 3.63) is 117 Å². The Morgan fingerprint density at radius 1 is 1.00 bits per heavy atom. The van der Waals surface area contributed by atoms with Gasteiger partial charge in [-0.3, -0.25) is 19.8 Å². The maximum atomic E-state index is 13.1. The lowest BCUT2D eigenvalue weighted by atomic mass is 10.1. The number of urea groups is 1. The second-order valence-electron chi connectivity index (χ2n) is 8.72. The second-order valence-corrected chi connectivity index (χ2v) is 8.72. The third-order valence-corrected chi connectivity index (χ3v) is 6.27. The lowest BCUT2D eigenvalue weighted by Gasteiger charge is -2.11. The molecule has 0 bridgehead atoms. The van der Waals surface area contributed by atoms with Crippen molar-refractivity contribution in [2.24, 2.45) is 0 Å². The van der Waals surface area contributed by atoms with E-state index < -0.39 is 22.8 Å². The summed E-state index contributed by atoms with van der Waals surface area (Å²) in [6.45, 7) is 0.458. The van der Waals surface area contributed by atoms with Gasteiger partial charge in [-0.15, -0.1) is 0 Å². The van der Waals surface area contributed by atoms with Crippen LogP contribution in [0.5, 0.6) is 0 Å². The third-order valence-electron chi connectivity index (χ3n) is 6.27. The first-order valence-corrected chi connectivity index (χ1v) is 11.7. The summed E-state index contributed by atoms with van der Waals surface area (Å²) in [6.07, 6.45) is 3.53. The van der Waals surface area contributed by atoms with E-state index >= 15 is 0 Å². The second kappa shape index (κ2) is 10.0. The Morgan fingerprint density at radius 2 is 1.76 bits per heavy atom. The van der Waals surface area contributed by atoms with E-state index in [1.807, 2.05) is 41.1 Å². The maximum Gasteiger partial charge on any atom is 0.337 e. The van der Waals surface area contributed by atoms with Crippen LogP contribution in [0.1, 0.15) is 27.0 Å². The number of benzene rings is 3. The van der Waals surface area contributed by atoms with Crippen molar-refractivity contribution in [2.75, 3.05) is 7.11 Å². The number of non-ortho nitro benzene ring substituents is 1. The van der Waals surface area contributed by atoms with Crippen LogP contribution in [-0.2, 0) is 22.6 Å². The number of fused-ring (bicyclic) bond motifs is 1. The molecule has 0 atom stereocenters. The molecule has 1 aliphatic rings. The van der Waals surface area contributed by atoms with E-state index in [9.17, 15) is 24.5 Å². The van der Waals surface area contributed by atoms with Gasteiger partial charge < -0.3 is 14.6 Å². The number of methoxy groups -OCH3 is 1. The molecule has 0 radical (unpaired) electrons. The first-order chi connectivity index (χ1) is 18.3. The van der Waals surface area contributed by atoms with Crippen LogP contribution in [0.15, 0.2) is 84.7 Å². The number of para-hydroxylation sites is 1. The van der Waals surface area contributed by atoms with E-state index in [0.29, 0.717) is 17.7 Å². The fraction of sp³-hybridized carbons (Fsp3) is 0.107. The number of rotatable bonds is 7. The molecule has 190 valence electrons. The van der Waals surface area contributed by atoms with Gasteiger partial charge in [-0.1, -0.05) is 42.5 Å². The number of amides is 3. The van der Waals surface area contributed by atoms with E-state index in [4.69, 9.17) is 4.74 Å². The molecule has 4 aromatic rings. The standard InChI is InChI=1S/C28H22N4O6/c1-38-27(34)20-6-4-5-19(13-20)15-30-17-21(23-7-2-3-8-25(23)30)14-24-26(33)31(28(35)29-24)16-18-9-11-22(12-10-18)32(36)37/h2-14,17H,15-16H2,1H3,(H,29,35)/b24-14-. The largest absolute Gasteiger partial charge is 0.465 e.